The van der Waals surface area contributed by atoms with Gasteiger partial charge in [-0.2, -0.15) is 0 Å². The zero-order chi connectivity index (χ0) is 14.3. The Morgan fingerprint density at radius 3 is 2.58 bits per heavy atom. The van der Waals surface area contributed by atoms with Gasteiger partial charge in [0.1, 0.15) is 0 Å². The van der Waals surface area contributed by atoms with Crippen LogP contribution in [0.3, 0.4) is 0 Å². The van der Waals surface area contributed by atoms with Gasteiger partial charge < -0.3 is 15.3 Å². The SMILES string of the molecule is CCCN(CCO)c1ccc(CNC(C)C)c(Cl)c1. The van der Waals surface area contributed by atoms with Gasteiger partial charge in [0.15, 0.2) is 0 Å². The Bertz CT molecular complexity index is 376. The Morgan fingerprint density at radius 2 is 2.05 bits per heavy atom. The molecular formula is C15H25ClN2O. The molecule has 0 amide bonds. The van der Waals surface area contributed by atoms with Gasteiger partial charge in [-0.15, -0.1) is 0 Å². The average molecular weight is 285 g/mol. The Labute approximate surface area is 121 Å². The molecule has 0 bridgehead atoms. The fourth-order valence-electron chi connectivity index (χ4n) is 1.95. The number of benzene rings is 1. The molecule has 0 atom stereocenters. The van der Waals surface area contributed by atoms with Gasteiger partial charge in [-0.05, 0) is 24.1 Å². The molecule has 0 aliphatic carbocycles. The minimum absolute atomic E-state index is 0.161. The summed E-state index contributed by atoms with van der Waals surface area (Å²) >= 11 is 6.33. The van der Waals surface area contributed by atoms with E-state index in [9.17, 15) is 0 Å². The fourth-order valence-corrected chi connectivity index (χ4v) is 2.19. The van der Waals surface area contributed by atoms with Crippen molar-refractivity contribution in [2.45, 2.75) is 39.8 Å². The number of hydrogen-bond donors (Lipinski definition) is 2. The Balaban J connectivity index is 2.78. The first-order chi connectivity index (χ1) is 9.08. The van der Waals surface area contributed by atoms with Gasteiger partial charge in [-0.1, -0.05) is 38.4 Å². The van der Waals surface area contributed by atoms with Crippen LogP contribution in [0.15, 0.2) is 18.2 Å². The summed E-state index contributed by atoms with van der Waals surface area (Å²) in [6, 6.07) is 6.58. The first kappa shape index (κ1) is 16.3. The molecule has 3 nitrogen and oxygen atoms in total. The third-order valence-corrected chi connectivity index (χ3v) is 3.32. The number of anilines is 1. The van der Waals surface area contributed by atoms with Crippen LogP contribution in [0.4, 0.5) is 5.69 Å². The standard InChI is InChI=1S/C15H25ClN2O/c1-4-7-18(8-9-19)14-6-5-13(15(16)10-14)11-17-12(2)3/h5-6,10,12,17,19H,4,7-9,11H2,1-3H3. The van der Waals surface area contributed by atoms with E-state index in [1.807, 2.05) is 6.07 Å². The number of halogens is 1. The molecule has 1 aromatic carbocycles. The lowest BCUT2D eigenvalue weighted by atomic mass is 10.1. The van der Waals surface area contributed by atoms with Gasteiger partial charge in [-0.3, -0.25) is 0 Å². The zero-order valence-electron chi connectivity index (χ0n) is 12.1. The summed E-state index contributed by atoms with van der Waals surface area (Å²) in [4.78, 5) is 2.16. The van der Waals surface area contributed by atoms with Crippen LogP contribution in [-0.2, 0) is 6.54 Å². The topological polar surface area (TPSA) is 35.5 Å². The van der Waals surface area contributed by atoms with E-state index in [4.69, 9.17) is 16.7 Å². The van der Waals surface area contributed by atoms with E-state index in [0.717, 1.165) is 35.8 Å². The molecule has 2 N–H and O–H groups in total. The lowest BCUT2D eigenvalue weighted by molar-refractivity contribution is 0.302. The smallest absolute Gasteiger partial charge is 0.0606 e. The van der Waals surface area contributed by atoms with Gasteiger partial charge >= 0.3 is 0 Å². The van der Waals surface area contributed by atoms with Crippen LogP contribution >= 0.6 is 11.6 Å². The maximum absolute atomic E-state index is 9.11. The number of nitrogens with zero attached hydrogens (tertiary/aromatic N) is 1. The van der Waals surface area contributed by atoms with Gasteiger partial charge in [0.25, 0.3) is 0 Å². The molecule has 4 heteroatoms. The number of hydrogen-bond acceptors (Lipinski definition) is 3. The van der Waals surface area contributed by atoms with Crippen molar-refractivity contribution in [2.75, 3.05) is 24.6 Å². The molecular weight excluding hydrogens is 260 g/mol. The van der Waals surface area contributed by atoms with Crippen molar-refractivity contribution in [1.29, 1.82) is 0 Å². The van der Waals surface area contributed by atoms with E-state index >= 15 is 0 Å². The molecule has 108 valence electrons. The van der Waals surface area contributed by atoms with Crippen molar-refractivity contribution in [2.24, 2.45) is 0 Å². The molecule has 0 spiro atoms. The van der Waals surface area contributed by atoms with Crippen molar-refractivity contribution in [3.63, 3.8) is 0 Å². The quantitative estimate of drug-likeness (QED) is 0.770. The van der Waals surface area contributed by atoms with E-state index < -0.39 is 0 Å². The zero-order valence-corrected chi connectivity index (χ0v) is 12.9. The highest BCUT2D eigenvalue weighted by Crippen LogP contribution is 2.24. The maximum Gasteiger partial charge on any atom is 0.0606 e. The highest BCUT2D eigenvalue weighted by Gasteiger charge is 2.08. The Morgan fingerprint density at radius 1 is 1.32 bits per heavy atom. The number of nitrogens with one attached hydrogen (secondary N) is 1. The second kappa shape index (κ2) is 8.41. The summed E-state index contributed by atoms with van der Waals surface area (Å²) in [5.74, 6) is 0. The first-order valence-electron chi connectivity index (χ1n) is 6.96. The van der Waals surface area contributed by atoms with E-state index in [1.165, 1.54) is 0 Å². The van der Waals surface area contributed by atoms with Gasteiger partial charge in [0.05, 0.1) is 6.61 Å². The molecule has 0 saturated carbocycles. The minimum Gasteiger partial charge on any atom is -0.395 e. The highest BCUT2D eigenvalue weighted by atomic mass is 35.5. The van der Waals surface area contributed by atoms with Crippen molar-refractivity contribution in [3.05, 3.63) is 28.8 Å². The fraction of sp³-hybridized carbons (Fsp3) is 0.600. The van der Waals surface area contributed by atoms with E-state index in [2.05, 4.69) is 43.1 Å². The van der Waals surface area contributed by atoms with Crippen LogP contribution in [0, 0.1) is 0 Å². The summed E-state index contributed by atoms with van der Waals surface area (Å²) in [5.41, 5.74) is 2.19. The summed E-state index contributed by atoms with van der Waals surface area (Å²) in [6.45, 7) is 8.89. The molecule has 0 unspecified atom stereocenters. The molecule has 0 saturated heterocycles. The monoisotopic (exact) mass is 284 g/mol. The average Bonchev–Trinajstić information content (AvgIpc) is 2.37. The predicted molar refractivity (Wildman–Crippen MR) is 83.0 cm³/mol. The van der Waals surface area contributed by atoms with E-state index in [1.54, 1.807) is 0 Å². The number of rotatable bonds is 8. The second-order valence-corrected chi connectivity index (χ2v) is 5.43. The normalized spacial score (nSPS) is 11.1. The maximum atomic E-state index is 9.11. The Kier molecular flexibility index (Phi) is 7.21. The Hall–Kier alpha value is -0.770. The van der Waals surface area contributed by atoms with Crippen molar-refractivity contribution < 1.29 is 5.11 Å². The molecule has 1 aromatic rings. The molecule has 0 radical (unpaired) electrons. The summed E-state index contributed by atoms with van der Waals surface area (Å²) in [5, 5.41) is 13.3. The van der Waals surface area contributed by atoms with E-state index in [-0.39, 0.29) is 6.61 Å². The number of aliphatic hydroxyl groups excluding tert-OH is 1. The summed E-state index contributed by atoms with van der Waals surface area (Å²) < 4.78 is 0. The molecule has 0 heterocycles. The van der Waals surface area contributed by atoms with E-state index in [0.29, 0.717) is 12.6 Å². The third kappa shape index (κ3) is 5.39. The van der Waals surface area contributed by atoms with Crippen LogP contribution in [-0.4, -0.2) is 30.8 Å². The van der Waals surface area contributed by atoms with Crippen molar-refractivity contribution >= 4 is 17.3 Å². The van der Waals surface area contributed by atoms with Crippen molar-refractivity contribution in [3.8, 4) is 0 Å². The number of aliphatic hydroxyl groups is 1. The first-order valence-corrected chi connectivity index (χ1v) is 7.33. The summed E-state index contributed by atoms with van der Waals surface area (Å²) in [6.07, 6.45) is 1.05. The molecule has 1 rings (SSSR count). The van der Waals surface area contributed by atoms with Crippen LogP contribution in [0.2, 0.25) is 5.02 Å². The van der Waals surface area contributed by atoms with Gasteiger partial charge in [0.2, 0.25) is 0 Å². The summed E-state index contributed by atoms with van der Waals surface area (Å²) in [7, 11) is 0. The minimum atomic E-state index is 0.161. The second-order valence-electron chi connectivity index (χ2n) is 5.02. The van der Waals surface area contributed by atoms with Crippen LogP contribution < -0.4 is 10.2 Å². The highest BCUT2D eigenvalue weighted by molar-refractivity contribution is 6.31. The third-order valence-electron chi connectivity index (χ3n) is 2.97. The molecule has 19 heavy (non-hydrogen) atoms. The predicted octanol–water partition coefficient (Wildman–Crippen LogP) is 3.05. The largest absolute Gasteiger partial charge is 0.395 e. The van der Waals surface area contributed by atoms with Gasteiger partial charge in [-0.25, -0.2) is 0 Å². The molecule has 0 aliphatic rings. The molecule has 0 fully saturated rings. The lowest BCUT2D eigenvalue weighted by Gasteiger charge is -2.24. The van der Waals surface area contributed by atoms with Crippen LogP contribution in [0.25, 0.3) is 0 Å². The lowest BCUT2D eigenvalue weighted by Crippen LogP contribution is -2.27. The van der Waals surface area contributed by atoms with Crippen LogP contribution in [0.1, 0.15) is 32.8 Å². The van der Waals surface area contributed by atoms with Gasteiger partial charge in [0, 0.05) is 36.4 Å². The van der Waals surface area contributed by atoms with Crippen molar-refractivity contribution in [1.82, 2.24) is 5.32 Å². The molecule has 0 aromatic heterocycles. The van der Waals surface area contributed by atoms with Crippen LogP contribution in [0.5, 0.6) is 0 Å². The molecule has 0 aliphatic heterocycles.